The number of benzene rings is 2. The highest BCUT2D eigenvalue weighted by atomic mass is 35.5. The second-order valence-electron chi connectivity index (χ2n) is 9.54. The summed E-state index contributed by atoms with van der Waals surface area (Å²) in [5.74, 6) is -2.79. The van der Waals surface area contributed by atoms with Crippen LogP contribution in [0.1, 0.15) is 29.5 Å². The van der Waals surface area contributed by atoms with E-state index in [9.17, 15) is 24.5 Å². The highest BCUT2D eigenvalue weighted by Gasteiger charge is 2.74. The molecular weight excluding hydrogens is 460 g/mol. The topological polar surface area (TPSA) is 113 Å². The highest BCUT2D eigenvalue weighted by molar-refractivity contribution is 6.36. The molecule has 1 spiro atoms. The van der Waals surface area contributed by atoms with Crippen LogP contribution in [0.25, 0.3) is 0 Å². The maximum atomic E-state index is 14.0. The summed E-state index contributed by atoms with van der Waals surface area (Å²) < 4.78 is 0. The molecule has 0 saturated carbocycles. The first-order valence-electron chi connectivity index (χ1n) is 11.2. The van der Waals surface area contributed by atoms with Crippen LogP contribution in [0.15, 0.2) is 30.3 Å². The fraction of sp³-hybridized carbons (Fsp3) is 0.375. The molecule has 3 amide bonds. The maximum Gasteiger partial charge on any atom is 0.271 e. The van der Waals surface area contributed by atoms with Crippen molar-refractivity contribution in [2.45, 2.75) is 38.3 Å². The van der Waals surface area contributed by atoms with Gasteiger partial charge in [-0.1, -0.05) is 29.3 Å². The van der Waals surface area contributed by atoms with E-state index >= 15 is 0 Å². The minimum atomic E-state index is -1.27. The van der Waals surface area contributed by atoms with Gasteiger partial charge in [-0.25, -0.2) is 4.90 Å². The smallest absolute Gasteiger partial charge is 0.271 e. The SMILES string of the molecule is Cc1cc(C)c2c(c1)[C@@]1(C(=O)N2)[C@H]2C(=O)N(c3ccc([N+](=O)[O-])cc3Cl)C(=O)[C@@H]2[C@H]2CCCN21. The van der Waals surface area contributed by atoms with E-state index in [1.807, 2.05) is 26.0 Å². The maximum absolute atomic E-state index is 14.0. The number of hydrogen-bond donors (Lipinski definition) is 1. The van der Waals surface area contributed by atoms with Crippen molar-refractivity contribution in [2.75, 3.05) is 16.8 Å². The van der Waals surface area contributed by atoms with Crippen molar-refractivity contribution >= 4 is 46.4 Å². The number of hydrogen-bond acceptors (Lipinski definition) is 6. The van der Waals surface area contributed by atoms with Crippen molar-refractivity contribution in [3.8, 4) is 0 Å². The summed E-state index contributed by atoms with van der Waals surface area (Å²) in [6.45, 7) is 4.49. The first-order chi connectivity index (χ1) is 16.2. The molecule has 0 bridgehead atoms. The van der Waals surface area contributed by atoms with Crippen molar-refractivity contribution in [1.82, 2.24) is 4.90 Å². The second kappa shape index (κ2) is 6.86. The third-order valence-corrected chi connectivity index (χ3v) is 8.13. The molecular formula is C24H21ClN4O5. The average molecular weight is 481 g/mol. The Bertz CT molecular complexity index is 1340. The second-order valence-corrected chi connectivity index (χ2v) is 9.94. The van der Waals surface area contributed by atoms with Gasteiger partial charge in [-0.05, 0) is 44.9 Å². The van der Waals surface area contributed by atoms with E-state index in [2.05, 4.69) is 10.2 Å². The molecule has 3 fully saturated rings. The van der Waals surface area contributed by atoms with Crippen LogP contribution in [-0.4, -0.2) is 40.1 Å². The van der Waals surface area contributed by atoms with Crippen LogP contribution >= 0.6 is 11.6 Å². The number of halogens is 1. The van der Waals surface area contributed by atoms with E-state index in [1.54, 1.807) is 0 Å². The molecule has 0 radical (unpaired) electrons. The van der Waals surface area contributed by atoms with Gasteiger partial charge >= 0.3 is 0 Å². The highest BCUT2D eigenvalue weighted by Crippen LogP contribution is 2.61. The van der Waals surface area contributed by atoms with E-state index < -0.39 is 34.1 Å². The van der Waals surface area contributed by atoms with E-state index in [1.165, 1.54) is 12.1 Å². The minimum absolute atomic E-state index is 0.0591. The first-order valence-corrected chi connectivity index (χ1v) is 11.6. The number of aryl methyl sites for hydroxylation is 2. The Hall–Kier alpha value is -3.30. The lowest BCUT2D eigenvalue weighted by molar-refractivity contribution is -0.384. The van der Waals surface area contributed by atoms with Gasteiger partial charge < -0.3 is 5.32 Å². The van der Waals surface area contributed by atoms with Gasteiger partial charge in [-0.2, -0.15) is 0 Å². The number of fused-ring (bicyclic) bond motifs is 7. The van der Waals surface area contributed by atoms with Crippen LogP contribution in [0.4, 0.5) is 17.1 Å². The zero-order chi connectivity index (χ0) is 24.1. The Morgan fingerprint density at radius 2 is 1.91 bits per heavy atom. The molecule has 2 aromatic rings. The fourth-order valence-corrected chi connectivity index (χ4v) is 6.95. The molecule has 0 unspecified atom stereocenters. The number of amides is 3. The number of carbonyl (C=O) groups is 3. The molecule has 3 saturated heterocycles. The normalized spacial score (nSPS) is 29.6. The quantitative estimate of drug-likeness (QED) is 0.401. The van der Waals surface area contributed by atoms with Crippen molar-refractivity contribution in [3.63, 3.8) is 0 Å². The predicted molar refractivity (Wildman–Crippen MR) is 124 cm³/mol. The average Bonchev–Trinajstić information content (AvgIpc) is 3.48. The number of rotatable bonds is 2. The van der Waals surface area contributed by atoms with Gasteiger partial charge in [-0.15, -0.1) is 0 Å². The summed E-state index contributed by atoms with van der Waals surface area (Å²) in [7, 11) is 0. The molecule has 0 aliphatic carbocycles. The standard InChI is InChI=1S/C24H21ClN4O5/c1-11-8-12(2)20-14(9-11)24(23(32)26-20)19-18(17-4-3-7-27(17)24)21(30)28(22(19)31)16-6-5-13(29(33)34)10-15(16)25/h5-6,8-10,17-19H,3-4,7H2,1-2H3,(H,26,32)/t17-,18-,19-,24+/m1/s1. The summed E-state index contributed by atoms with van der Waals surface area (Å²) in [6.07, 6.45) is 1.53. The van der Waals surface area contributed by atoms with Crippen LogP contribution in [0, 0.1) is 35.8 Å². The molecule has 1 N–H and O–H groups in total. The number of nitro groups is 1. The summed E-state index contributed by atoms with van der Waals surface area (Å²) in [4.78, 5) is 55.1. The van der Waals surface area contributed by atoms with Gasteiger partial charge in [-0.3, -0.25) is 29.4 Å². The molecule has 0 aromatic heterocycles. The minimum Gasteiger partial charge on any atom is -0.324 e. The molecule has 4 atom stereocenters. The van der Waals surface area contributed by atoms with E-state index in [0.29, 0.717) is 18.7 Å². The number of imide groups is 1. The molecule has 2 aromatic carbocycles. The molecule has 10 heteroatoms. The lowest BCUT2D eigenvalue weighted by Gasteiger charge is -2.37. The fourth-order valence-electron chi connectivity index (χ4n) is 6.69. The summed E-state index contributed by atoms with van der Waals surface area (Å²) in [5, 5.41) is 14.1. The third kappa shape index (κ3) is 2.40. The van der Waals surface area contributed by atoms with Crippen LogP contribution in [-0.2, 0) is 19.9 Å². The van der Waals surface area contributed by atoms with Gasteiger partial charge in [0, 0.05) is 29.4 Å². The predicted octanol–water partition coefficient (Wildman–Crippen LogP) is 3.30. The zero-order valence-electron chi connectivity index (χ0n) is 18.5. The third-order valence-electron chi connectivity index (χ3n) is 7.83. The number of nitrogens with one attached hydrogen (secondary N) is 1. The number of anilines is 2. The molecule has 4 heterocycles. The number of nitrogens with zero attached hydrogens (tertiary/aromatic N) is 3. The Kier molecular flexibility index (Phi) is 4.29. The van der Waals surface area contributed by atoms with E-state index in [-0.39, 0.29) is 28.3 Å². The molecule has 4 aliphatic rings. The van der Waals surface area contributed by atoms with Crippen LogP contribution in [0.2, 0.25) is 5.02 Å². The van der Waals surface area contributed by atoms with E-state index in [0.717, 1.165) is 34.1 Å². The Labute approximate surface area is 199 Å². The van der Waals surface area contributed by atoms with Crippen molar-refractivity contribution < 1.29 is 19.3 Å². The van der Waals surface area contributed by atoms with Gasteiger partial charge in [0.25, 0.3) is 5.69 Å². The number of carbonyl (C=O) groups excluding carboxylic acids is 3. The van der Waals surface area contributed by atoms with Gasteiger partial charge in [0.05, 0.1) is 27.5 Å². The van der Waals surface area contributed by atoms with Crippen LogP contribution < -0.4 is 10.2 Å². The van der Waals surface area contributed by atoms with Crippen molar-refractivity contribution in [3.05, 3.63) is 62.2 Å². The Morgan fingerprint density at radius 3 is 2.62 bits per heavy atom. The van der Waals surface area contributed by atoms with E-state index in [4.69, 9.17) is 11.6 Å². The first kappa shape index (κ1) is 21.2. The molecule has 174 valence electrons. The van der Waals surface area contributed by atoms with Gasteiger partial charge in [0.15, 0.2) is 0 Å². The number of non-ortho nitro benzene ring substituents is 1. The summed E-state index contributed by atoms with van der Waals surface area (Å²) >= 11 is 6.31. The monoisotopic (exact) mass is 480 g/mol. The van der Waals surface area contributed by atoms with Crippen molar-refractivity contribution in [2.24, 2.45) is 11.8 Å². The van der Waals surface area contributed by atoms with Crippen LogP contribution in [0.5, 0.6) is 0 Å². The molecule has 34 heavy (non-hydrogen) atoms. The largest absolute Gasteiger partial charge is 0.324 e. The molecule has 6 rings (SSSR count). The lowest BCUT2D eigenvalue weighted by Crippen LogP contribution is -2.54. The van der Waals surface area contributed by atoms with Gasteiger partial charge in [0.1, 0.15) is 5.54 Å². The summed E-state index contributed by atoms with van der Waals surface area (Å²) in [5.41, 5.74) is 1.93. The van der Waals surface area contributed by atoms with Crippen molar-refractivity contribution in [1.29, 1.82) is 0 Å². The Morgan fingerprint density at radius 1 is 1.15 bits per heavy atom. The molecule has 4 aliphatic heterocycles. The summed E-state index contributed by atoms with van der Waals surface area (Å²) in [6, 6.07) is 7.35. The lowest BCUT2D eigenvalue weighted by atomic mass is 9.75. The Balaban J connectivity index is 1.54. The number of nitro benzene ring substituents is 1. The van der Waals surface area contributed by atoms with Gasteiger partial charge in [0.2, 0.25) is 17.7 Å². The van der Waals surface area contributed by atoms with Crippen LogP contribution in [0.3, 0.4) is 0 Å². The molecule has 9 nitrogen and oxygen atoms in total. The zero-order valence-corrected chi connectivity index (χ0v) is 19.3.